The fraction of sp³-hybridized carbons (Fsp3) is 0.250. The van der Waals surface area contributed by atoms with Crippen molar-refractivity contribution in [2.75, 3.05) is 13.1 Å². The van der Waals surface area contributed by atoms with E-state index in [9.17, 15) is 9.59 Å². The maximum absolute atomic E-state index is 12.8. The van der Waals surface area contributed by atoms with Gasteiger partial charge in [0.05, 0.1) is 0 Å². The molecule has 1 N–H and O–H groups in total. The number of piperidine rings is 1. The van der Waals surface area contributed by atoms with E-state index in [1.165, 1.54) is 0 Å². The molecule has 148 valence electrons. The Morgan fingerprint density at radius 2 is 1.55 bits per heavy atom. The van der Waals surface area contributed by atoms with E-state index in [1.807, 2.05) is 54.3 Å². The van der Waals surface area contributed by atoms with Gasteiger partial charge in [0.25, 0.3) is 11.8 Å². The molecular weight excluding hydrogens is 364 g/mol. The Kier molecular flexibility index (Phi) is 5.47. The van der Waals surface area contributed by atoms with Gasteiger partial charge in [-0.05, 0) is 55.2 Å². The fourth-order valence-electron chi connectivity index (χ4n) is 3.66. The highest BCUT2D eigenvalue weighted by atomic mass is 16.3. The van der Waals surface area contributed by atoms with E-state index >= 15 is 0 Å². The molecule has 2 amide bonds. The van der Waals surface area contributed by atoms with Crippen LogP contribution in [0.4, 0.5) is 0 Å². The predicted molar refractivity (Wildman–Crippen MR) is 112 cm³/mol. The van der Waals surface area contributed by atoms with Crippen molar-refractivity contribution >= 4 is 11.8 Å². The number of aryl methyl sites for hydroxylation is 1. The lowest BCUT2D eigenvalue weighted by Gasteiger charge is -2.32. The van der Waals surface area contributed by atoms with E-state index in [1.54, 1.807) is 12.1 Å². The van der Waals surface area contributed by atoms with Gasteiger partial charge in [0.1, 0.15) is 5.76 Å². The third-order valence-electron chi connectivity index (χ3n) is 5.32. The van der Waals surface area contributed by atoms with E-state index < -0.39 is 0 Å². The Morgan fingerprint density at radius 3 is 2.17 bits per heavy atom. The van der Waals surface area contributed by atoms with E-state index in [2.05, 4.69) is 17.4 Å². The molecule has 1 fully saturated rings. The highest BCUT2D eigenvalue weighted by Gasteiger charge is 2.25. The molecule has 0 atom stereocenters. The van der Waals surface area contributed by atoms with Crippen LogP contribution in [0.15, 0.2) is 71.1 Å². The maximum Gasteiger partial charge on any atom is 0.287 e. The zero-order chi connectivity index (χ0) is 20.2. The summed E-state index contributed by atoms with van der Waals surface area (Å²) in [6.07, 6.45) is 1.47. The second kappa shape index (κ2) is 8.35. The molecule has 2 aromatic carbocycles. The summed E-state index contributed by atoms with van der Waals surface area (Å²) in [5, 5.41) is 3.00. The minimum atomic E-state index is -0.195. The highest BCUT2D eigenvalue weighted by Crippen LogP contribution is 2.21. The molecule has 0 aliphatic carbocycles. The minimum absolute atomic E-state index is 0.0380. The summed E-state index contributed by atoms with van der Waals surface area (Å²) in [7, 11) is 0. The van der Waals surface area contributed by atoms with Crippen molar-refractivity contribution in [3.8, 4) is 11.1 Å². The smallest absolute Gasteiger partial charge is 0.287 e. The third kappa shape index (κ3) is 4.40. The van der Waals surface area contributed by atoms with E-state index in [0.29, 0.717) is 30.2 Å². The second-order valence-electron chi connectivity index (χ2n) is 7.39. The van der Waals surface area contributed by atoms with E-state index in [0.717, 1.165) is 24.0 Å². The Hall–Kier alpha value is -3.34. The van der Waals surface area contributed by atoms with Crippen LogP contribution in [-0.2, 0) is 0 Å². The van der Waals surface area contributed by atoms with Crippen LogP contribution >= 0.6 is 0 Å². The van der Waals surface area contributed by atoms with E-state index in [-0.39, 0.29) is 17.9 Å². The number of benzene rings is 2. The van der Waals surface area contributed by atoms with Crippen LogP contribution in [0.2, 0.25) is 0 Å². The van der Waals surface area contributed by atoms with Gasteiger partial charge in [-0.25, -0.2) is 0 Å². The van der Waals surface area contributed by atoms with E-state index in [4.69, 9.17) is 4.42 Å². The van der Waals surface area contributed by atoms with Crippen LogP contribution in [0.5, 0.6) is 0 Å². The lowest BCUT2D eigenvalue weighted by molar-refractivity contribution is 0.0695. The average Bonchev–Trinajstić information content (AvgIpc) is 3.21. The number of rotatable bonds is 4. The molecule has 0 unspecified atom stereocenters. The van der Waals surface area contributed by atoms with Gasteiger partial charge < -0.3 is 14.6 Å². The van der Waals surface area contributed by atoms with Crippen LogP contribution in [0.3, 0.4) is 0 Å². The van der Waals surface area contributed by atoms with Crippen LogP contribution < -0.4 is 5.32 Å². The van der Waals surface area contributed by atoms with Gasteiger partial charge in [-0.1, -0.05) is 42.5 Å². The summed E-state index contributed by atoms with van der Waals surface area (Å²) < 4.78 is 5.37. The molecule has 2 heterocycles. The quantitative estimate of drug-likeness (QED) is 0.725. The van der Waals surface area contributed by atoms with Crippen molar-refractivity contribution in [1.29, 1.82) is 0 Å². The van der Waals surface area contributed by atoms with Crippen molar-refractivity contribution in [2.45, 2.75) is 25.8 Å². The topological polar surface area (TPSA) is 62.6 Å². The molecule has 0 spiro atoms. The zero-order valence-electron chi connectivity index (χ0n) is 16.4. The van der Waals surface area contributed by atoms with Gasteiger partial charge in [0.2, 0.25) is 0 Å². The number of hydrogen-bond donors (Lipinski definition) is 1. The lowest BCUT2D eigenvalue weighted by Crippen LogP contribution is -2.46. The van der Waals surface area contributed by atoms with Gasteiger partial charge in [-0.3, -0.25) is 9.59 Å². The Labute approximate surface area is 170 Å². The Balaban J connectivity index is 1.32. The molecule has 1 aliphatic rings. The van der Waals surface area contributed by atoms with Gasteiger partial charge in [0, 0.05) is 24.7 Å². The van der Waals surface area contributed by atoms with Gasteiger partial charge >= 0.3 is 0 Å². The Morgan fingerprint density at radius 1 is 0.897 bits per heavy atom. The van der Waals surface area contributed by atoms with Crippen LogP contribution in [0, 0.1) is 6.92 Å². The van der Waals surface area contributed by atoms with Crippen molar-refractivity contribution in [2.24, 2.45) is 0 Å². The molecule has 29 heavy (non-hydrogen) atoms. The first-order valence-corrected chi connectivity index (χ1v) is 9.92. The third-order valence-corrected chi connectivity index (χ3v) is 5.32. The van der Waals surface area contributed by atoms with Crippen LogP contribution in [-0.4, -0.2) is 35.8 Å². The average molecular weight is 388 g/mol. The van der Waals surface area contributed by atoms with Crippen LogP contribution in [0.25, 0.3) is 11.1 Å². The molecule has 1 saturated heterocycles. The lowest BCUT2D eigenvalue weighted by atomic mass is 10.0. The summed E-state index contributed by atoms with van der Waals surface area (Å²) in [4.78, 5) is 26.9. The molecule has 3 aromatic rings. The van der Waals surface area contributed by atoms with Gasteiger partial charge in [-0.2, -0.15) is 0 Å². The predicted octanol–water partition coefficient (Wildman–Crippen LogP) is 4.29. The van der Waals surface area contributed by atoms with Crippen molar-refractivity contribution in [3.63, 3.8) is 0 Å². The first kappa shape index (κ1) is 19.0. The number of amides is 2. The normalized spacial score (nSPS) is 14.6. The van der Waals surface area contributed by atoms with Crippen molar-refractivity contribution in [3.05, 3.63) is 83.8 Å². The first-order chi connectivity index (χ1) is 14.1. The summed E-state index contributed by atoms with van der Waals surface area (Å²) >= 11 is 0. The molecule has 5 heteroatoms. The molecule has 1 aromatic heterocycles. The van der Waals surface area contributed by atoms with Crippen LogP contribution in [0.1, 0.15) is 39.5 Å². The SMILES string of the molecule is Cc1ccc(C(=O)NC2CCN(C(=O)c3ccc(-c4ccccc4)cc3)CC2)o1. The van der Waals surface area contributed by atoms with Gasteiger partial charge in [0.15, 0.2) is 5.76 Å². The number of hydrogen-bond acceptors (Lipinski definition) is 3. The van der Waals surface area contributed by atoms with Crippen molar-refractivity contribution < 1.29 is 14.0 Å². The summed E-state index contributed by atoms with van der Waals surface area (Å²) in [6.45, 7) is 3.07. The largest absolute Gasteiger partial charge is 0.456 e. The number of nitrogens with one attached hydrogen (secondary N) is 1. The zero-order valence-corrected chi connectivity index (χ0v) is 16.4. The number of carbonyl (C=O) groups excluding carboxylic acids is 2. The second-order valence-corrected chi connectivity index (χ2v) is 7.39. The maximum atomic E-state index is 12.8. The molecule has 0 bridgehead atoms. The summed E-state index contributed by atoms with van der Waals surface area (Å²) in [5.41, 5.74) is 2.92. The number of furan rings is 1. The molecule has 0 saturated carbocycles. The fourth-order valence-corrected chi connectivity index (χ4v) is 3.66. The molecule has 0 radical (unpaired) electrons. The summed E-state index contributed by atoms with van der Waals surface area (Å²) in [5.74, 6) is 0.892. The molecule has 5 nitrogen and oxygen atoms in total. The van der Waals surface area contributed by atoms with Crippen molar-refractivity contribution in [1.82, 2.24) is 10.2 Å². The first-order valence-electron chi connectivity index (χ1n) is 9.92. The Bertz CT molecular complexity index is 984. The monoisotopic (exact) mass is 388 g/mol. The number of nitrogens with zero attached hydrogens (tertiary/aromatic N) is 1. The number of likely N-dealkylation sites (tertiary alicyclic amines) is 1. The summed E-state index contributed by atoms with van der Waals surface area (Å²) in [6, 6.07) is 21.4. The number of carbonyl (C=O) groups is 2. The molecule has 4 rings (SSSR count). The van der Waals surface area contributed by atoms with Gasteiger partial charge in [-0.15, -0.1) is 0 Å². The standard InChI is InChI=1S/C24H24N2O3/c1-17-7-12-22(29-17)23(27)25-21-13-15-26(16-14-21)24(28)20-10-8-19(9-11-20)18-5-3-2-4-6-18/h2-12,21H,13-16H2,1H3,(H,25,27). The molecular formula is C24H24N2O3. The molecule has 1 aliphatic heterocycles. The minimum Gasteiger partial charge on any atom is -0.456 e. The highest BCUT2D eigenvalue weighted by molar-refractivity contribution is 5.95.